The molecule has 15 heavy (non-hydrogen) atoms. The molecule has 0 atom stereocenters. The van der Waals surface area contributed by atoms with Crippen LogP contribution in [0.3, 0.4) is 0 Å². The van der Waals surface area contributed by atoms with Gasteiger partial charge in [-0.25, -0.2) is 5.48 Å². The number of benzene rings is 1. The molecule has 1 aromatic carbocycles. The molecule has 76 valence electrons. The van der Waals surface area contributed by atoms with E-state index in [0.717, 1.165) is 11.3 Å². The Morgan fingerprint density at radius 1 is 1.27 bits per heavy atom. The molecule has 1 aliphatic heterocycles. The lowest BCUT2D eigenvalue weighted by atomic mass is 10.1. The molecule has 0 saturated heterocycles. The third-order valence-electron chi connectivity index (χ3n) is 1.92. The van der Waals surface area contributed by atoms with Gasteiger partial charge in [-0.2, -0.15) is 5.26 Å². The van der Waals surface area contributed by atoms with E-state index in [4.69, 9.17) is 10.1 Å². The van der Waals surface area contributed by atoms with E-state index in [9.17, 15) is 0 Å². The number of nitrogens with one attached hydrogen (secondary N) is 1. The third kappa shape index (κ3) is 2.30. The van der Waals surface area contributed by atoms with Gasteiger partial charge in [0.25, 0.3) is 0 Å². The van der Waals surface area contributed by atoms with E-state index < -0.39 is 0 Å². The number of hydrogen-bond donors (Lipinski definition) is 1. The van der Waals surface area contributed by atoms with Crippen LogP contribution in [0.4, 0.5) is 0 Å². The van der Waals surface area contributed by atoms with Crippen LogP contribution in [0.1, 0.15) is 11.1 Å². The minimum Gasteiger partial charge on any atom is -0.390 e. The standard InChI is InChI=1S/C11H8N2O.ClH/c12-8-9-4-1-2-5-10(9)11-6-3-7-14-13-11;/h1-7,13H;1H. The average Bonchev–Trinajstić information content (AvgIpc) is 2.30. The van der Waals surface area contributed by atoms with E-state index in [2.05, 4.69) is 11.5 Å². The summed E-state index contributed by atoms with van der Waals surface area (Å²) in [4.78, 5) is 4.93. The predicted molar refractivity (Wildman–Crippen MR) is 59.7 cm³/mol. The minimum absolute atomic E-state index is 0. The predicted octanol–water partition coefficient (Wildman–Crippen LogP) is 2.37. The number of rotatable bonds is 1. The van der Waals surface area contributed by atoms with Crippen molar-refractivity contribution in [1.29, 1.82) is 5.26 Å². The van der Waals surface area contributed by atoms with Crippen molar-refractivity contribution in [3.63, 3.8) is 0 Å². The summed E-state index contributed by atoms with van der Waals surface area (Å²) in [6.45, 7) is 0. The Bertz CT molecular complexity index is 446. The summed E-state index contributed by atoms with van der Waals surface area (Å²) in [5, 5.41) is 8.89. The van der Waals surface area contributed by atoms with Crippen molar-refractivity contribution in [3.05, 3.63) is 53.8 Å². The fraction of sp³-hybridized carbons (Fsp3) is 0. The highest BCUT2D eigenvalue weighted by atomic mass is 35.5. The molecule has 1 N–H and O–H groups in total. The van der Waals surface area contributed by atoms with Crippen LogP contribution in [0, 0.1) is 11.3 Å². The smallest absolute Gasteiger partial charge is 0.119 e. The maximum absolute atomic E-state index is 8.89. The van der Waals surface area contributed by atoms with Crippen molar-refractivity contribution < 1.29 is 4.84 Å². The molecule has 0 bridgehead atoms. The van der Waals surface area contributed by atoms with Crippen LogP contribution in [0.2, 0.25) is 0 Å². The molecule has 0 aliphatic carbocycles. The number of allylic oxidation sites excluding steroid dienone is 2. The van der Waals surface area contributed by atoms with Gasteiger partial charge < -0.3 is 4.84 Å². The van der Waals surface area contributed by atoms with Crippen molar-refractivity contribution >= 4 is 18.1 Å². The lowest BCUT2D eigenvalue weighted by molar-refractivity contribution is 0.181. The van der Waals surface area contributed by atoms with Gasteiger partial charge in [-0.1, -0.05) is 18.2 Å². The van der Waals surface area contributed by atoms with Crippen LogP contribution in [0.5, 0.6) is 0 Å². The number of hydroxylamine groups is 1. The topological polar surface area (TPSA) is 45.0 Å². The highest BCUT2D eigenvalue weighted by Gasteiger charge is 2.07. The van der Waals surface area contributed by atoms with Gasteiger partial charge in [0.2, 0.25) is 0 Å². The normalized spacial score (nSPS) is 12.6. The van der Waals surface area contributed by atoms with Gasteiger partial charge in [-0.3, -0.25) is 0 Å². The fourth-order valence-corrected chi connectivity index (χ4v) is 1.27. The first-order chi connectivity index (χ1) is 6.92. The fourth-order valence-electron chi connectivity index (χ4n) is 1.27. The number of nitrogens with zero attached hydrogens (tertiary/aromatic N) is 1. The monoisotopic (exact) mass is 220 g/mol. The molecule has 0 aromatic heterocycles. The second-order valence-corrected chi connectivity index (χ2v) is 2.79. The van der Waals surface area contributed by atoms with Crippen LogP contribution < -0.4 is 5.48 Å². The van der Waals surface area contributed by atoms with Crippen molar-refractivity contribution in [2.24, 2.45) is 0 Å². The summed E-state index contributed by atoms with van der Waals surface area (Å²) in [6, 6.07) is 9.50. The van der Waals surface area contributed by atoms with Crippen LogP contribution in [-0.4, -0.2) is 0 Å². The number of halogens is 1. The molecular weight excluding hydrogens is 212 g/mol. The summed E-state index contributed by atoms with van der Waals surface area (Å²) in [6.07, 6.45) is 5.18. The Kier molecular flexibility index (Phi) is 3.78. The van der Waals surface area contributed by atoms with Crippen molar-refractivity contribution in [3.8, 4) is 6.07 Å². The first-order valence-electron chi connectivity index (χ1n) is 4.20. The molecule has 0 radical (unpaired) electrons. The Labute approximate surface area is 94.0 Å². The number of hydrogen-bond acceptors (Lipinski definition) is 3. The molecule has 0 fully saturated rings. The highest BCUT2D eigenvalue weighted by Crippen LogP contribution is 2.17. The molecule has 3 nitrogen and oxygen atoms in total. The summed E-state index contributed by atoms with van der Waals surface area (Å²) in [5.74, 6) is 0. The van der Waals surface area contributed by atoms with E-state index in [0.29, 0.717) is 5.56 Å². The third-order valence-corrected chi connectivity index (χ3v) is 1.92. The SMILES string of the molecule is Cl.N#Cc1ccccc1C1=CC=CON1. The molecule has 1 aliphatic rings. The van der Waals surface area contributed by atoms with Crippen LogP contribution in [-0.2, 0) is 4.84 Å². The van der Waals surface area contributed by atoms with Gasteiger partial charge in [-0.05, 0) is 18.2 Å². The van der Waals surface area contributed by atoms with E-state index >= 15 is 0 Å². The molecule has 4 heteroatoms. The van der Waals surface area contributed by atoms with Gasteiger partial charge >= 0.3 is 0 Å². The molecule has 0 spiro atoms. The van der Waals surface area contributed by atoms with Crippen LogP contribution in [0.25, 0.3) is 5.70 Å². The second kappa shape index (κ2) is 5.08. The van der Waals surface area contributed by atoms with E-state index in [-0.39, 0.29) is 12.4 Å². The van der Waals surface area contributed by atoms with Crippen LogP contribution in [0.15, 0.2) is 42.7 Å². The van der Waals surface area contributed by atoms with Gasteiger partial charge in [-0.15, -0.1) is 12.4 Å². The lowest BCUT2D eigenvalue weighted by Gasteiger charge is -2.12. The lowest BCUT2D eigenvalue weighted by Crippen LogP contribution is -2.12. The molecular formula is C11H9ClN2O. The summed E-state index contributed by atoms with van der Waals surface area (Å²) in [5.41, 5.74) is 5.01. The van der Waals surface area contributed by atoms with Crippen molar-refractivity contribution in [2.75, 3.05) is 0 Å². The summed E-state index contributed by atoms with van der Waals surface area (Å²) < 4.78 is 0. The zero-order chi connectivity index (χ0) is 9.80. The molecule has 2 rings (SSSR count). The zero-order valence-corrected chi connectivity index (χ0v) is 8.62. The Hall–Kier alpha value is -1.92. The second-order valence-electron chi connectivity index (χ2n) is 2.79. The van der Waals surface area contributed by atoms with Crippen molar-refractivity contribution in [2.45, 2.75) is 0 Å². The van der Waals surface area contributed by atoms with Gasteiger partial charge in [0.1, 0.15) is 6.26 Å². The summed E-state index contributed by atoms with van der Waals surface area (Å²) in [7, 11) is 0. The van der Waals surface area contributed by atoms with Gasteiger partial charge in [0.05, 0.1) is 17.3 Å². The number of nitriles is 1. The quantitative estimate of drug-likeness (QED) is 0.790. The Morgan fingerprint density at radius 3 is 2.73 bits per heavy atom. The molecule has 0 saturated carbocycles. The summed E-state index contributed by atoms with van der Waals surface area (Å²) >= 11 is 0. The Balaban J connectivity index is 0.00000112. The maximum atomic E-state index is 8.89. The van der Waals surface area contributed by atoms with Gasteiger partial charge in [0.15, 0.2) is 0 Å². The van der Waals surface area contributed by atoms with Crippen LogP contribution >= 0.6 is 12.4 Å². The van der Waals surface area contributed by atoms with Crippen molar-refractivity contribution in [1.82, 2.24) is 5.48 Å². The zero-order valence-electron chi connectivity index (χ0n) is 7.81. The highest BCUT2D eigenvalue weighted by molar-refractivity contribution is 5.85. The first-order valence-corrected chi connectivity index (χ1v) is 4.20. The maximum Gasteiger partial charge on any atom is 0.119 e. The molecule has 0 unspecified atom stereocenters. The average molecular weight is 221 g/mol. The van der Waals surface area contributed by atoms with E-state index in [1.54, 1.807) is 18.4 Å². The van der Waals surface area contributed by atoms with E-state index in [1.165, 1.54) is 0 Å². The largest absolute Gasteiger partial charge is 0.390 e. The Morgan fingerprint density at radius 2 is 2.07 bits per heavy atom. The van der Waals surface area contributed by atoms with Gasteiger partial charge in [0, 0.05) is 5.56 Å². The molecule has 1 aromatic rings. The first kappa shape index (κ1) is 11.2. The molecule has 0 amide bonds. The van der Waals surface area contributed by atoms with E-state index in [1.807, 2.05) is 24.3 Å². The minimum atomic E-state index is 0. The molecule has 1 heterocycles.